The second kappa shape index (κ2) is 3.47. The molecule has 0 N–H and O–H groups in total. The van der Waals surface area contributed by atoms with Crippen molar-refractivity contribution in [2.45, 2.75) is 11.8 Å². The van der Waals surface area contributed by atoms with E-state index in [1.165, 1.54) is 12.3 Å². The highest BCUT2D eigenvalue weighted by Crippen LogP contribution is 2.26. The maximum atomic E-state index is 11.3. The van der Waals surface area contributed by atoms with Gasteiger partial charge in [-0.3, -0.25) is 4.98 Å². The Kier molecular flexibility index (Phi) is 2.40. The molecule has 0 fully saturated rings. The fraction of sp³-hybridized carbons (Fsp3) is 0.100. The standard InChI is InChI=1S/C10H8ClNO2S/c1-7-5-12-6-9-8(7)3-2-4-10(9)15(11,13)14/h2-6H,1H3. The number of fused-ring (bicyclic) bond motifs is 1. The van der Waals surface area contributed by atoms with Gasteiger partial charge in [0.2, 0.25) is 0 Å². The van der Waals surface area contributed by atoms with E-state index in [0.717, 1.165) is 10.9 Å². The number of aromatic nitrogens is 1. The van der Waals surface area contributed by atoms with E-state index in [4.69, 9.17) is 10.7 Å². The third kappa shape index (κ3) is 1.82. The molecule has 0 bridgehead atoms. The molecule has 3 nitrogen and oxygen atoms in total. The fourth-order valence-corrected chi connectivity index (χ4v) is 2.60. The molecule has 0 amide bonds. The molecule has 0 aliphatic carbocycles. The highest BCUT2D eigenvalue weighted by atomic mass is 35.7. The van der Waals surface area contributed by atoms with Gasteiger partial charge in [-0.05, 0) is 23.9 Å². The minimum absolute atomic E-state index is 0.109. The van der Waals surface area contributed by atoms with Crippen LogP contribution in [0.5, 0.6) is 0 Å². The Bertz CT molecular complexity index is 622. The number of rotatable bonds is 1. The molecule has 1 heterocycles. The van der Waals surface area contributed by atoms with Crippen LogP contribution in [-0.4, -0.2) is 13.4 Å². The van der Waals surface area contributed by atoms with Gasteiger partial charge in [0.05, 0.1) is 4.90 Å². The van der Waals surface area contributed by atoms with Gasteiger partial charge in [-0.2, -0.15) is 0 Å². The molecule has 1 aromatic carbocycles. The van der Waals surface area contributed by atoms with E-state index in [2.05, 4.69) is 4.98 Å². The smallest absolute Gasteiger partial charge is 0.261 e. The summed E-state index contributed by atoms with van der Waals surface area (Å²) in [4.78, 5) is 4.07. The predicted molar refractivity (Wildman–Crippen MR) is 59.5 cm³/mol. The summed E-state index contributed by atoms with van der Waals surface area (Å²) in [5.74, 6) is 0. The predicted octanol–water partition coefficient (Wildman–Crippen LogP) is 2.47. The highest BCUT2D eigenvalue weighted by Gasteiger charge is 2.14. The molecule has 2 aromatic rings. The molecule has 2 rings (SSSR count). The monoisotopic (exact) mass is 241 g/mol. The van der Waals surface area contributed by atoms with Gasteiger partial charge in [-0.15, -0.1) is 0 Å². The first-order valence-electron chi connectivity index (χ1n) is 4.28. The zero-order valence-electron chi connectivity index (χ0n) is 7.94. The Balaban J connectivity index is 2.96. The second-order valence-corrected chi connectivity index (χ2v) is 5.78. The van der Waals surface area contributed by atoms with E-state index in [9.17, 15) is 8.42 Å². The van der Waals surface area contributed by atoms with E-state index >= 15 is 0 Å². The third-order valence-corrected chi connectivity index (χ3v) is 3.61. The first kappa shape index (κ1) is 10.4. The largest absolute Gasteiger partial charge is 0.264 e. The molecule has 15 heavy (non-hydrogen) atoms. The van der Waals surface area contributed by atoms with Crippen LogP contribution in [0.2, 0.25) is 0 Å². The zero-order chi connectivity index (χ0) is 11.1. The van der Waals surface area contributed by atoms with Crippen molar-refractivity contribution in [3.05, 3.63) is 36.2 Å². The van der Waals surface area contributed by atoms with Crippen LogP contribution in [0.25, 0.3) is 10.8 Å². The first-order chi connectivity index (χ1) is 7.00. The van der Waals surface area contributed by atoms with E-state index in [1.807, 2.05) is 13.0 Å². The molecule has 0 radical (unpaired) electrons. The fourth-order valence-electron chi connectivity index (χ4n) is 1.53. The Morgan fingerprint density at radius 3 is 2.60 bits per heavy atom. The summed E-state index contributed by atoms with van der Waals surface area (Å²) in [7, 11) is 1.62. The van der Waals surface area contributed by atoms with E-state index < -0.39 is 9.05 Å². The SMILES string of the molecule is Cc1cncc2c(S(=O)(=O)Cl)cccc12. The topological polar surface area (TPSA) is 47.0 Å². The zero-order valence-corrected chi connectivity index (χ0v) is 9.51. The summed E-state index contributed by atoms with van der Waals surface area (Å²) in [5, 5.41) is 1.42. The number of aryl methyl sites for hydroxylation is 1. The minimum atomic E-state index is -3.71. The number of hydrogen-bond donors (Lipinski definition) is 0. The maximum Gasteiger partial charge on any atom is 0.261 e. The first-order valence-corrected chi connectivity index (χ1v) is 6.59. The van der Waals surface area contributed by atoms with Gasteiger partial charge in [0.25, 0.3) is 9.05 Å². The molecule has 0 aliphatic heterocycles. The van der Waals surface area contributed by atoms with Gasteiger partial charge in [0.15, 0.2) is 0 Å². The summed E-state index contributed by atoms with van der Waals surface area (Å²) < 4.78 is 22.6. The molecule has 5 heteroatoms. The lowest BCUT2D eigenvalue weighted by atomic mass is 10.1. The number of nitrogens with zero attached hydrogens (tertiary/aromatic N) is 1. The van der Waals surface area contributed by atoms with Gasteiger partial charge in [0, 0.05) is 28.5 Å². The molecule has 0 spiro atoms. The van der Waals surface area contributed by atoms with Crippen molar-refractivity contribution in [1.29, 1.82) is 0 Å². The van der Waals surface area contributed by atoms with Crippen molar-refractivity contribution in [2.24, 2.45) is 0 Å². The Hall–Kier alpha value is -1.13. The van der Waals surface area contributed by atoms with Gasteiger partial charge >= 0.3 is 0 Å². The Morgan fingerprint density at radius 2 is 1.93 bits per heavy atom. The number of hydrogen-bond acceptors (Lipinski definition) is 3. The molecule has 78 valence electrons. The van der Waals surface area contributed by atoms with E-state index in [0.29, 0.717) is 5.39 Å². The lowest BCUT2D eigenvalue weighted by Gasteiger charge is -2.04. The van der Waals surface area contributed by atoms with E-state index in [1.54, 1.807) is 12.3 Å². The second-order valence-electron chi connectivity index (χ2n) is 3.25. The Morgan fingerprint density at radius 1 is 1.20 bits per heavy atom. The minimum Gasteiger partial charge on any atom is -0.264 e. The highest BCUT2D eigenvalue weighted by molar-refractivity contribution is 8.14. The van der Waals surface area contributed by atoms with Crippen LogP contribution in [0, 0.1) is 6.92 Å². The number of benzene rings is 1. The van der Waals surface area contributed by atoms with Crippen molar-refractivity contribution >= 4 is 30.5 Å². The van der Waals surface area contributed by atoms with Crippen molar-refractivity contribution in [2.75, 3.05) is 0 Å². The summed E-state index contributed by atoms with van der Waals surface area (Å²) in [5.41, 5.74) is 0.926. The van der Waals surface area contributed by atoms with Crippen molar-refractivity contribution in [1.82, 2.24) is 4.98 Å². The van der Waals surface area contributed by atoms with Crippen LogP contribution in [0.4, 0.5) is 0 Å². The van der Waals surface area contributed by atoms with Crippen LogP contribution < -0.4 is 0 Å². The molecule has 0 unspecified atom stereocenters. The van der Waals surface area contributed by atoms with Crippen LogP contribution in [0.1, 0.15) is 5.56 Å². The van der Waals surface area contributed by atoms with Gasteiger partial charge in [-0.1, -0.05) is 12.1 Å². The van der Waals surface area contributed by atoms with Crippen molar-refractivity contribution in [3.63, 3.8) is 0 Å². The number of pyridine rings is 1. The van der Waals surface area contributed by atoms with Crippen LogP contribution >= 0.6 is 10.7 Å². The molecule has 0 saturated heterocycles. The molecular weight excluding hydrogens is 234 g/mol. The summed E-state index contributed by atoms with van der Waals surface area (Å²) in [6.07, 6.45) is 3.20. The van der Waals surface area contributed by atoms with Gasteiger partial charge < -0.3 is 0 Å². The third-order valence-electron chi connectivity index (χ3n) is 2.23. The summed E-state index contributed by atoms with van der Waals surface area (Å²) in [6.45, 7) is 1.87. The molecule has 0 aliphatic rings. The normalized spacial score (nSPS) is 11.9. The summed E-state index contributed by atoms with van der Waals surface area (Å²) in [6, 6.07) is 4.99. The van der Waals surface area contributed by atoms with Gasteiger partial charge in [-0.25, -0.2) is 8.42 Å². The van der Waals surface area contributed by atoms with Crippen LogP contribution in [0.15, 0.2) is 35.5 Å². The Labute approximate surface area is 92.1 Å². The van der Waals surface area contributed by atoms with Crippen molar-refractivity contribution in [3.8, 4) is 0 Å². The molecule has 0 atom stereocenters. The molecule has 1 aromatic heterocycles. The average Bonchev–Trinajstić information content (AvgIpc) is 2.16. The van der Waals surface area contributed by atoms with Crippen LogP contribution in [-0.2, 0) is 9.05 Å². The quantitative estimate of drug-likeness (QED) is 0.721. The maximum absolute atomic E-state index is 11.3. The van der Waals surface area contributed by atoms with Gasteiger partial charge in [0.1, 0.15) is 0 Å². The van der Waals surface area contributed by atoms with Crippen LogP contribution in [0.3, 0.4) is 0 Å². The lowest BCUT2D eigenvalue weighted by Crippen LogP contribution is -1.93. The van der Waals surface area contributed by atoms with E-state index in [-0.39, 0.29) is 4.90 Å². The summed E-state index contributed by atoms with van der Waals surface area (Å²) >= 11 is 0. The molecule has 0 saturated carbocycles. The van der Waals surface area contributed by atoms with Crippen molar-refractivity contribution < 1.29 is 8.42 Å². The average molecular weight is 242 g/mol. The lowest BCUT2D eigenvalue weighted by molar-refractivity contribution is 0.610. The number of halogens is 1. The molecular formula is C10H8ClNO2S.